The van der Waals surface area contributed by atoms with Crippen LogP contribution in [0.2, 0.25) is 0 Å². The van der Waals surface area contributed by atoms with E-state index < -0.39 is 11.7 Å². The largest absolute Gasteiger partial charge is 0.507 e. The number of hydrogen-bond acceptors (Lipinski definition) is 4. The van der Waals surface area contributed by atoms with Crippen LogP contribution in [0.5, 0.6) is 5.75 Å². The van der Waals surface area contributed by atoms with Crippen LogP contribution in [0.4, 0.5) is 10.1 Å². The Bertz CT molecular complexity index is 1020. The smallest absolute Gasteiger partial charge is 0.271 e. The van der Waals surface area contributed by atoms with Crippen LogP contribution in [0, 0.1) is 5.82 Å². The van der Waals surface area contributed by atoms with Crippen LogP contribution in [0.3, 0.4) is 0 Å². The van der Waals surface area contributed by atoms with Gasteiger partial charge in [0.05, 0.1) is 6.21 Å². The summed E-state index contributed by atoms with van der Waals surface area (Å²) < 4.78 is 12.9. The third kappa shape index (κ3) is 4.79. The summed E-state index contributed by atoms with van der Waals surface area (Å²) in [7, 11) is 0. The van der Waals surface area contributed by atoms with Crippen molar-refractivity contribution in [1.29, 1.82) is 0 Å². The molecule has 0 unspecified atom stereocenters. The fraction of sp³-hybridized carbons (Fsp3) is 0. The Morgan fingerprint density at radius 2 is 1.46 bits per heavy atom. The Morgan fingerprint density at radius 1 is 0.857 bits per heavy atom. The number of benzene rings is 3. The van der Waals surface area contributed by atoms with Gasteiger partial charge in [-0.3, -0.25) is 9.59 Å². The molecule has 0 aliphatic carbocycles. The zero-order valence-corrected chi connectivity index (χ0v) is 14.6. The van der Waals surface area contributed by atoms with Crippen LogP contribution >= 0.6 is 0 Å². The molecule has 0 radical (unpaired) electrons. The molecule has 6 nitrogen and oxygen atoms in total. The highest BCUT2D eigenvalue weighted by molar-refractivity contribution is 6.04. The van der Waals surface area contributed by atoms with Crippen molar-refractivity contribution >= 4 is 23.7 Å². The summed E-state index contributed by atoms with van der Waals surface area (Å²) in [5.41, 5.74) is 3.99. The van der Waals surface area contributed by atoms with E-state index in [0.717, 1.165) is 0 Å². The first-order chi connectivity index (χ1) is 13.5. The van der Waals surface area contributed by atoms with Gasteiger partial charge in [-0.25, -0.2) is 9.82 Å². The number of aromatic hydroxyl groups is 1. The maximum absolute atomic E-state index is 12.9. The summed E-state index contributed by atoms with van der Waals surface area (Å²) in [5, 5.41) is 16.1. The minimum Gasteiger partial charge on any atom is -0.507 e. The van der Waals surface area contributed by atoms with Crippen LogP contribution in [0.25, 0.3) is 0 Å². The Hall–Kier alpha value is -4.00. The van der Waals surface area contributed by atoms with Gasteiger partial charge in [-0.15, -0.1) is 0 Å². The van der Waals surface area contributed by atoms with Crippen molar-refractivity contribution in [3.63, 3.8) is 0 Å². The van der Waals surface area contributed by atoms with E-state index in [1.807, 2.05) is 0 Å². The van der Waals surface area contributed by atoms with E-state index in [9.17, 15) is 19.1 Å². The molecule has 3 N–H and O–H groups in total. The van der Waals surface area contributed by atoms with Crippen LogP contribution in [-0.4, -0.2) is 23.1 Å². The number of carbonyl (C=O) groups excluding carboxylic acids is 2. The Morgan fingerprint density at radius 3 is 2.14 bits per heavy atom. The highest BCUT2D eigenvalue weighted by Crippen LogP contribution is 2.13. The fourth-order valence-corrected chi connectivity index (χ4v) is 2.33. The average molecular weight is 377 g/mol. The third-order valence-corrected chi connectivity index (χ3v) is 3.82. The maximum atomic E-state index is 12.9. The number of phenolic OH excluding ortho intramolecular Hbond substituents is 1. The summed E-state index contributed by atoms with van der Waals surface area (Å²) >= 11 is 0. The van der Waals surface area contributed by atoms with Gasteiger partial charge < -0.3 is 10.4 Å². The molecule has 3 aromatic carbocycles. The maximum Gasteiger partial charge on any atom is 0.271 e. The van der Waals surface area contributed by atoms with E-state index >= 15 is 0 Å². The van der Waals surface area contributed by atoms with Crippen LogP contribution in [0.1, 0.15) is 26.3 Å². The van der Waals surface area contributed by atoms with Crippen LogP contribution in [0.15, 0.2) is 77.9 Å². The molecule has 0 atom stereocenters. The van der Waals surface area contributed by atoms with E-state index in [4.69, 9.17) is 0 Å². The SMILES string of the molecule is O=C(N/N=C/c1ccccc1O)c1ccc(NC(=O)c2ccc(F)cc2)cc1. The topological polar surface area (TPSA) is 90.8 Å². The molecule has 0 aliphatic heterocycles. The summed E-state index contributed by atoms with van der Waals surface area (Å²) in [6.07, 6.45) is 1.34. The molecule has 2 amide bonds. The van der Waals surface area contributed by atoms with E-state index in [1.54, 1.807) is 30.3 Å². The molecule has 28 heavy (non-hydrogen) atoms. The lowest BCUT2D eigenvalue weighted by Gasteiger charge is -2.06. The van der Waals surface area contributed by atoms with Gasteiger partial charge in [-0.1, -0.05) is 12.1 Å². The molecule has 0 saturated heterocycles. The lowest BCUT2D eigenvalue weighted by molar-refractivity contribution is 0.0954. The summed E-state index contributed by atoms with van der Waals surface area (Å²) in [4.78, 5) is 24.2. The predicted molar refractivity (Wildman–Crippen MR) is 104 cm³/mol. The lowest BCUT2D eigenvalue weighted by atomic mass is 10.1. The van der Waals surface area contributed by atoms with Gasteiger partial charge in [0.1, 0.15) is 11.6 Å². The molecule has 0 heterocycles. The molecule has 0 aromatic heterocycles. The van der Waals surface area contributed by atoms with Crippen molar-refractivity contribution in [1.82, 2.24) is 5.43 Å². The molecule has 3 rings (SSSR count). The number of nitrogens with one attached hydrogen (secondary N) is 2. The highest BCUT2D eigenvalue weighted by atomic mass is 19.1. The fourth-order valence-electron chi connectivity index (χ4n) is 2.33. The van der Waals surface area contributed by atoms with Crippen molar-refractivity contribution in [3.05, 3.63) is 95.3 Å². The minimum atomic E-state index is -0.442. The van der Waals surface area contributed by atoms with E-state index in [1.165, 1.54) is 48.7 Å². The molecule has 0 bridgehead atoms. The molecule has 0 aliphatic rings. The molecule has 140 valence electrons. The second-order valence-electron chi connectivity index (χ2n) is 5.80. The number of anilines is 1. The van der Waals surface area contributed by atoms with Gasteiger partial charge in [0.25, 0.3) is 11.8 Å². The van der Waals surface area contributed by atoms with Crippen molar-refractivity contribution in [3.8, 4) is 5.75 Å². The number of hydrogen-bond donors (Lipinski definition) is 3. The zero-order valence-electron chi connectivity index (χ0n) is 14.6. The van der Waals surface area contributed by atoms with Crippen molar-refractivity contribution in [2.24, 2.45) is 5.10 Å². The number of para-hydroxylation sites is 1. The van der Waals surface area contributed by atoms with Gasteiger partial charge >= 0.3 is 0 Å². The van der Waals surface area contributed by atoms with Crippen molar-refractivity contribution in [2.45, 2.75) is 0 Å². The first-order valence-corrected chi connectivity index (χ1v) is 8.31. The highest BCUT2D eigenvalue weighted by Gasteiger charge is 2.08. The average Bonchev–Trinajstić information content (AvgIpc) is 2.70. The third-order valence-electron chi connectivity index (χ3n) is 3.82. The van der Waals surface area contributed by atoms with E-state index in [2.05, 4.69) is 15.8 Å². The van der Waals surface area contributed by atoms with Gasteiger partial charge in [-0.05, 0) is 60.7 Å². The number of carbonyl (C=O) groups is 2. The monoisotopic (exact) mass is 377 g/mol. The molecule has 3 aromatic rings. The summed E-state index contributed by atoms with van der Waals surface area (Å²) in [5.74, 6) is -1.19. The van der Waals surface area contributed by atoms with Gasteiger partial charge in [0, 0.05) is 22.4 Å². The Labute approximate surface area is 160 Å². The predicted octanol–water partition coefficient (Wildman–Crippen LogP) is 3.55. The number of halogens is 1. The lowest BCUT2D eigenvalue weighted by Crippen LogP contribution is -2.18. The van der Waals surface area contributed by atoms with Crippen LogP contribution in [-0.2, 0) is 0 Å². The van der Waals surface area contributed by atoms with Crippen LogP contribution < -0.4 is 10.7 Å². The molecule has 0 spiro atoms. The number of rotatable bonds is 5. The quantitative estimate of drug-likeness (QED) is 0.469. The second kappa shape index (κ2) is 8.59. The summed E-state index contributed by atoms with van der Waals surface area (Å²) in [6, 6.07) is 18.0. The van der Waals surface area contributed by atoms with E-state index in [0.29, 0.717) is 22.4 Å². The van der Waals surface area contributed by atoms with Crippen molar-refractivity contribution in [2.75, 3.05) is 5.32 Å². The zero-order chi connectivity index (χ0) is 19.9. The molecule has 0 fully saturated rings. The Kier molecular flexibility index (Phi) is 5.76. The number of amides is 2. The first-order valence-electron chi connectivity index (χ1n) is 8.31. The molecule has 7 heteroatoms. The standard InChI is InChI=1S/C21H16FN3O3/c22-17-9-5-14(6-10-17)20(27)24-18-11-7-15(8-12-18)21(28)25-23-13-16-3-1-2-4-19(16)26/h1-13,26H,(H,24,27)(H,25,28)/b23-13+. The summed E-state index contributed by atoms with van der Waals surface area (Å²) in [6.45, 7) is 0. The number of phenols is 1. The van der Waals surface area contributed by atoms with Crippen molar-refractivity contribution < 1.29 is 19.1 Å². The van der Waals surface area contributed by atoms with Gasteiger partial charge in [-0.2, -0.15) is 5.10 Å². The number of nitrogens with zero attached hydrogens (tertiary/aromatic N) is 1. The Balaban J connectivity index is 1.59. The van der Waals surface area contributed by atoms with E-state index in [-0.39, 0.29) is 11.7 Å². The molecular formula is C21H16FN3O3. The normalized spacial score (nSPS) is 10.6. The minimum absolute atomic E-state index is 0.0572. The number of hydrazone groups is 1. The van der Waals surface area contributed by atoms with Gasteiger partial charge in [0.2, 0.25) is 0 Å². The second-order valence-corrected chi connectivity index (χ2v) is 5.80. The first kappa shape index (κ1) is 18.8. The van der Waals surface area contributed by atoms with Gasteiger partial charge in [0.15, 0.2) is 0 Å². The molecule has 0 saturated carbocycles. The molecular weight excluding hydrogens is 361 g/mol.